The average molecular weight is 1190 g/mol. The van der Waals surface area contributed by atoms with Gasteiger partial charge in [0, 0.05) is 6.42 Å². The van der Waals surface area contributed by atoms with Crippen LogP contribution in [0.25, 0.3) is 0 Å². The van der Waals surface area contributed by atoms with Crippen molar-refractivity contribution in [1.29, 1.82) is 0 Å². The predicted molar refractivity (Wildman–Crippen MR) is 364 cm³/mol. The van der Waals surface area contributed by atoms with Gasteiger partial charge in [0.15, 0.2) is 0 Å². The number of nitrogens with one attached hydrogen (secondary N) is 1. The summed E-state index contributed by atoms with van der Waals surface area (Å²) in [7, 11) is 1.57. The summed E-state index contributed by atoms with van der Waals surface area (Å²) in [6, 6.07) is -0.865. The average Bonchev–Trinajstić information content (AvgIpc) is 3.50. The number of unbranched alkanes of at least 4 members (excludes halogenated alkanes) is 49. The van der Waals surface area contributed by atoms with E-state index in [0.717, 1.165) is 44.9 Å². The van der Waals surface area contributed by atoms with Crippen LogP contribution in [0.2, 0.25) is 0 Å². The van der Waals surface area contributed by atoms with Crippen LogP contribution in [0.3, 0.4) is 0 Å². The number of carbonyl (C=O) groups excluding carboxylic acids is 1. The van der Waals surface area contributed by atoms with Crippen molar-refractivity contribution in [2.75, 3.05) is 40.9 Å². The molecule has 0 rings (SSSR count). The highest BCUT2D eigenvalue weighted by atomic mass is 31.2. The first kappa shape index (κ1) is 81.5. The van der Waals surface area contributed by atoms with Gasteiger partial charge in [-0.05, 0) is 64.2 Å². The number of aliphatic hydroxyl groups is 1. The second-order valence-corrected chi connectivity index (χ2v) is 27.8. The van der Waals surface area contributed by atoms with E-state index in [0.29, 0.717) is 17.4 Å². The number of allylic oxidation sites excluding steroid dienone is 7. The minimum absolute atomic E-state index is 0.0569. The molecule has 3 atom stereocenters. The Labute approximate surface area is 518 Å². The largest absolute Gasteiger partial charge is 0.472 e. The molecule has 0 aliphatic heterocycles. The van der Waals surface area contributed by atoms with Gasteiger partial charge in [-0.15, -0.1) is 0 Å². The van der Waals surface area contributed by atoms with Gasteiger partial charge in [0.2, 0.25) is 5.91 Å². The number of phosphoric ester groups is 1. The first-order valence-electron chi connectivity index (χ1n) is 36.5. The molecule has 0 aliphatic rings. The van der Waals surface area contributed by atoms with Gasteiger partial charge in [-0.3, -0.25) is 13.8 Å². The smallest absolute Gasteiger partial charge is 0.387 e. The molecule has 1 amide bonds. The maximum atomic E-state index is 13.1. The van der Waals surface area contributed by atoms with Crippen molar-refractivity contribution in [1.82, 2.24) is 5.32 Å². The topological polar surface area (TPSA) is 105 Å². The van der Waals surface area contributed by atoms with Crippen molar-refractivity contribution in [3.63, 3.8) is 0 Å². The minimum Gasteiger partial charge on any atom is -0.387 e. The number of hydrogen-bond donors (Lipinski definition) is 3. The second-order valence-electron chi connectivity index (χ2n) is 26.3. The summed E-state index contributed by atoms with van der Waals surface area (Å²) < 4.78 is 23.8. The summed E-state index contributed by atoms with van der Waals surface area (Å²) in [5.41, 5.74) is 0. The standard InChI is InChI=1S/C74H143N2O6P/c1-6-8-10-12-14-16-18-20-22-24-26-28-30-32-33-34-35-36-37-38-39-40-41-42-43-44-46-48-50-52-54-56-58-60-62-64-66-68-74(78)75-72(71-82-83(79,80)81-70-69-76(3,4)5)73(77)67-65-63-61-59-57-55-53-51-49-47-45-31-29-27-25-23-21-19-17-15-13-11-9-7-2/h33-34,36-37,57,59,65,67,72-73,77H,6-32,35,38-56,58,60-64,66,68-71H2,1-5H3,(H-,75,78,79,80)/p+1/b34-33-,37-36-,59-57+,67-65+. The summed E-state index contributed by atoms with van der Waals surface area (Å²) in [6.45, 7) is 4.85. The highest BCUT2D eigenvalue weighted by Gasteiger charge is 2.28. The molecule has 0 radical (unpaired) electrons. The molecule has 3 unspecified atom stereocenters. The molecule has 8 nitrogen and oxygen atoms in total. The lowest BCUT2D eigenvalue weighted by atomic mass is 10.0. The zero-order valence-electron chi connectivity index (χ0n) is 56.2. The number of quaternary nitrogens is 1. The SMILES string of the molecule is CCCCCCCCCCCCCCC/C=C\C/C=C\CCCCCCCCCCCCCCCCCCCC(=O)NC(COP(=O)(O)OCC[N+](C)(C)C)C(O)/C=C/CC/C=C/CCCCCCCCCCCCCCCCCCCC. The lowest BCUT2D eigenvalue weighted by Gasteiger charge is -2.25. The fourth-order valence-electron chi connectivity index (χ4n) is 11.1. The zero-order chi connectivity index (χ0) is 60.5. The Morgan fingerprint density at radius 1 is 0.410 bits per heavy atom. The normalized spacial score (nSPS) is 13.9. The number of carbonyl (C=O) groups is 1. The van der Waals surface area contributed by atoms with Gasteiger partial charge in [-0.25, -0.2) is 4.57 Å². The number of aliphatic hydroxyl groups excluding tert-OH is 1. The van der Waals surface area contributed by atoms with Gasteiger partial charge in [0.05, 0.1) is 39.9 Å². The maximum absolute atomic E-state index is 13.1. The molecule has 83 heavy (non-hydrogen) atoms. The molecule has 0 aliphatic carbocycles. The van der Waals surface area contributed by atoms with E-state index in [9.17, 15) is 19.4 Å². The molecular weight excluding hydrogens is 1040 g/mol. The lowest BCUT2D eigenvalue weighted by Crippen LogP contribution is -2.45. The monoisotopic (exact) mass is 1190 g/mol. The Bertz CT molecular complexity index is 1490. The van der Waals surface area contributed by atoms with Crippen LogP contribution < -0.4 is 5.32 Å². The van der Waals surface area contributed by atoms with Crippen molar-refractivity contribution >= 4 is 13.7 Å². The van der Waals surface area contributed by atoms with E-state index in [1.165, 1.54) is 302 Å². The third-order valence-electron chi connectivity index (χ3n) is 16.8. The van der Waals surface area contributed by atoms with Crippen molar-refractivity contribution in [2.24, 2.45) is 0 Å². The first-order chi connectivity index (χ1) is 40.5. The number of nitrogens with zero attached hydrogens (tertiary/aromatic N) is 1. The summed E-state index contributed by atoms with van der Waals surface area (Å²) in [4.78, 5) is 23.4. The molecule has 9 heteroatoms. The highest BCUT2D eigenvalue weighted by molar-refractivity contribution is 7.47. The molecule has 0 fully saturated rings. The Morgan fingerprint density at radius 2 is 0.699 bits per heavy atom. The van der Waals surface area contributed by atoms with Crippen molar-refractivity contribution in [3.05, 3.63) is 48.6 Å². The molecule has 0 heterocycles. The van der Waals surface area contributed by atoms with Crippen LogP contribution in [0.5, 0.6) is 0 Å². The first-order valence-corrected chi connectivity index (χ1v) is 38.0. The zero-order valence-corrected chi connectivity index (χ0v) is 57.1. The highest BCUT2D eigenvalue weighted by Crippen LogP contribution is 2.43. The summed E-state index contributed by atoms with van der Waals surface area (Å²) in [5, 5.41) is 14.0. The van der Waals surface area contributed by atoms with E-state index in [1.54, 1.807) is 6.08 Å². The molecule has 0 aromatic rings. The van der Waals surface area contributed by atoms with Gasteiger partial charge >= 0.3 is 7.82 Å². The van der Waals surface area contributed by atoms with Crippen LogP contribution in [0.4, 0.5) is 0 Å². The molecule has 3 N–H and O–H groups in total. The van der Waals surface area contributed by atoms with Crippen molar-refractivity contribution in [2.45, 2.75) is 379 Å². The fraction of sp³-hybridized carbons (Fsp3) is 0.878. The van der Waals surface area contributed by atoms with E-state index in [1.807, 2.05) is 27.2 Å². The number of hydrogen-bond acceptors (Lipinski definition) is 5. The van der Waals surface area contributed by atoms with Crippen molar-refractivity contribution < 1.29 is 32.9 Å². The number of amides is 1. The van der Waals surface area contributed by atoms with E-state index < -0.39 is 20.0 Å². The maximum Gasteiger partial charge on any atom is 0.472 e. The quantitative estimate of drug-likeness (QED) is 0.0243. The van der Waals surface area contributed by atoms with Crippen LogP contribution >= 0.6 is 7.82 Å². The number of likely N-dealkylation sites (N-methyl/N-ethyl adjacent to an activating group) is 1. The number of phosphoric acid groups is 1. The summed E-state index contributed by atoms with van der Waals surface area (Å²) >= 11 is 0. The van der Waals surface area contributed by atoms with Crippen LogP contribution in [-0.4, -0.2) is 73.4 Å². The predicted octanol–water partition coefficient (Wildman–Crippen LogP) is 23.4. The van der Waals surface area contributed by atoms with Crippen LogP contribution in [0, 0.1) is 0 Å². The van der Waals surface area contributed by atoms with Gasteiger partial charge in [0.25, 0.3) is 0 Å². The molecule has 0 bridgehead atoms. The Balaban J connectivity index is 4.02. The Morgan fingerprint density at radius 3 is 1.04 bits per heavy atom. The third-order valence-corrected chi connectivity index (χ3v) is 17.8. The van der Waals surface area contributed by atoms with E-state index in [-0.39, 0.29) is 19.1 Å². The van der Waals surface area contributed by atoms with Gasteiger partial charge in [0.1, 0.15) is 13.2 Å². The molecule has 0 spiro atoms. The molecule has 490 valence electrons. The molecule has 0 saturated heterocycles. The van der Waals surface area contributed by atoms with E-state index >= 15 is 0 Å². The Kier molecular flexibility index (Phi) is 63.7. The molecule has 0 saturated carbocycles. The lowest BCUT2D eigenvalue weighted by molar-refractivity contribution is -0.870. The molecular formula is C74H144N2O6P+. The third kappa shape index (κ3) is 67.8. The molecule has 0 aromatic carbocycles. The van der Waals surface area contributed by atoms with Gasteiger partial charge in [-0.1, -0.05) is 345 Å². The molecule has 0 aromatic heterocycles. The van der Waals surface area contributed by atoms with E-state index in [2.05, 4.69) is 55.6 Å². The van der Waals surface area contributed by atoms with Crippen LogP contribution in [0.15, 0.2) is 48.6 Å². The summed E-state index contributed by atoms with van der Waals surface area (Å²) in [6.07, 6.45) is 88.5. The van der Waals surface area contributed by atoms with Gasteiger partial charge in [-0.2, -0.15) is 0 Å². The second kappa shape index (κ2) is 64.9. The minimum atomic E-state index is -4.36. The van der Waals surface area contributed by atoms with Crippen molar-refractivity contribution in [3.8, 4) is 0 Å². The van der Waals surface area contributed by atoms with Crippen LogP contribution in [0.1, 0.15) is 367 Å². The number of rotatable bonds is 68. The van der Waals surface area contributed by atoms with Gasteiger partial charge < -0.3 is 19.8 Å². The Hall–Kier alpha value is -1.54. The van der Waals surface area contributed by atoms with Crippen LogP contribution in [-0.2, 0) is 18.4 Å². The van der Waals surface area contributed by atoms with E-state index in [4.69, 9.17) is 9.05 Å². The fourth-order valence-corrected chi connectivity index (χ4v) is 11.8. The summed E-state index contributed by atoms with van der Waals surface area (Å²) in [5.74, 6) is -0.181.